The lowest BCUT2D eigenvalue weighted by Gasteiger charge is -2.45. The van der Waals surface area contributed by atoms with E-state index in [4.69, 9.17) is 16.3 Å². The van der Waals surface area contributed by atoms with Crippen LogP contribution in [0.1, 0.15) is 66.9 Å². The summed E-state index contributed by atoms with van der Waals surface area (Å²) in [5, 5.41) is 12.1. The molecule has 0 radical (unpaired) electrons. The number of fused-ring (bicyclic) bond motifs is 4. The van der Waals surface area contributed by atoms with Gasteiger partial charge in [-0.2, -0.15) is 0 Å². The number of halogens is 1. The fourth-order valence-corrected chi connectivity index (χ4v) is 7.67. The maximum atomic E-state index is 13.1. The Hall–Kier alpha value is -2.15. The zero-order chi connectivity index (χ0) is 26.3. The van der Waals surface area contributed by atoms with E-state index in [0.717, 1.165) is 74.5 Å². The Labute approximate surface area is 235 Å². The van der Waals surface area contributed by atoms with Crippen molar-refractivity contribution in [1.29, 1.82) is 0 Å². The number of hydrogen-bond donors (Lipinski definition) is 2. The summed E-state index contributed by atoms with van der Waals surface area (Å²) >= 11 is 7.86. The molecule has 4 aliphatic rings. The van der Waals surface area contributed by atoms with E-state index in [1.807, 2.05) is 30.3 Å². The molecule has 0 saturated heterocycles. The van der Waals surface area contributed by atoms with Gasteiger partial charge in [-0.05, 0) is 110 Å². The lowest BCUT2D eigenvalue weighted by Crippen LogP contribution is -2.49. The van der Waals surface area contributed by atoms with Gasteiger partial charge < -0.3 is 14.7 Å². The van der Waals surface area contributed by atoms with Crippen molar-refractivity contribution in [1.82, 2.24) is 4.72 Å². The third-order valence-electron chi connectivity index (χ3n) is 9.10. The third-order valence-corrected chi connectivity index (χ3v) is 10.3. The Balaban J connectivity index is 1.39. The first kappa shape index (κ1) is 26.1. The average molecular weight is 553 g/mol. The van der Waals surface area contributed by atoms with Crippen molar-refractivity contribution in [2.75, 3.05) is 24.6 Å². The molecule has 5 atom stereocenters. The second-order valence-corrected chi connectivity index (χ2v) is 13.3. The molecule has 1 fully saturated rings. The molecular formula is C31H37ClN2O3S. The molecule has 1 saturated carbocycles. The number of nitrogens with one attached hydrogen (secondary N) is 1. The summed E-state index contributed by atoms with van der Waals surface area (Å²) in [6.45, 7) is 4.39. The number of amides is 1. The predicted molar refractivity (Wildman–Crippen MR) is 155 cm³/mol. The highest BCUT2D eigenvalue weighted by Gasteiger charge is 2.44. The van der Waals surface area contributed by atoms with E-state index in [-0.39, 0.29) is 22.5 Å². The molecule has 2 aromatic rings. The third kappa shape index (κ3) is 5.07. The molecule has 2 aliphatic carbocycles. The minimum absolute atomic E-state index is 0.0687. The molecule has 2 aromatic carbocycles. The topological polar surface area (TPSA) is 61.8 Å². The van der Waals surface area contributed by atoms with Crippen LogP contribution in [0.4, 0.5) is 5.69 Å². The lowest BCUT2D eigenvalue weighted by molar-refractivity contribution is 0.0456. The quantitative estimate of drug-likeness (QED) is 0.296. The molecule has 0 aromatic heterocycles. The van der Waals surface area contributed by atoms with Gasteiger partial charge >= 0.3 is 0 Å². The van der Waals surface area contributed by atoms with Gasteiger partial charge in [0.15, 0.2) is 0 Å². The number of nitrogens with zero attached hydrogens (tertiary/aromatic N) is 1. The van der Waals surface area contributed by atoms with Crippen molar-refractivity contribution in [3.05, 3.63) is 70.3 Å². The molecule has 2 N–H and O–H groups in total. The first-order chi connectivity index (χ1) is 18.4. The second-order valence-electron chi connectivity index (χ2n) is 11.6. The second kappa shape index (κ2) is 10.8. The van der Waals surface area contributed by atoms with Crippen LogP contribution >= 0.6 is 23.5 Å². The van der Waals surface area contributed by atoms with Crippen molar-refractivity contribution >= 4 is 35.1 Å². The molecule has 1 spiro atoms. The first-order valence-electron chi connectivity index (χ1n) is 14.0. The summed E-state index contributed by atoms with van der Waals surface area (Å²) in [6.07, 6.45) is 10.9. The van der Waals surface area contributed by atoms with Crippen molar-refractivity contribution in [3.8, 4) is 5.75 Å². The van der Waals surface area contributed by atoms with Gasteiger partial charge in [-0.3, -0.25) is 9.52 Å². The highest BCUT2D eigenvalue weighted by molar-refractivity contribution is 7.98. The predicted octanol–water partition coefficient (Wildman–Crippen LogP) is 6.32. The number of aliphatic hydroxyl groups excluding tert-OH is 1. The minimum Gasteiger partial charge on any atom is -0.490 e. The molecule has 5 nitrogen and oxygen atoms in total. The maximum Gasteiger partial charge on any atom is 0.261 e. The molecule has 202 valence electrons. The number of aliphatic hydroxyl groups is 1. The van der Waals surface area contributed by atoms with Crippen molar-refractivity contribution in [3.63, 3.8) is 0 Å². The Morgan fingerprint density at radius 3 is 2.92 bits per heavy atom. The number of aryl methyl sites for hydroxylation is 1. The van der Waals surface area contributed by atoms with Gasteiger partial charge in [0.2, 0.25) is 0 Å². The largest absolute Gasteiger partial charge is 0.490 e. The van der Waals surface area contributed by atoms with Gasteiger partial charge in [-0.1, -0.05) is 36.7 Å². The Bertz CT molecular complexity index is 1240. The van der Waals surface area contributed by atoms with Crippen molar-refractivity contribution in [2.45, 2.75) is 68.6 Å². The smallest absolute Gasteiger partial charge is 0.261 e. The summed E-state index contributed by atoms with van der Waals surface area (Å²) in [5.41, 5.74) is 4.15. The highest BCUT2D eigenvalue weighted by Crippen LogP contribution is 2.46. The van der Waals surface area contributed by atoms with E-state index < -0.39 is 6.10 Å². The zero-order valence-electron chi connectivity index (χ0n) is 22.0. The van der Waals surface area contributed by atoms with Gasteiger partial charge in [-0.25, -0.2) is 0 Å². The van der Waals surface area contributed by atoms with Gasteiger partial charge in [0.05, 0.1) is 18.4 Å². The van der Waals surface area contributed by atoms with Crippen LogP contribution in [0.2, 0.25) is 5.02 Å². The monoisotopic (exact) mass is 552 g/mol. The van der Waals surface area contributed by atoms with Crippen LogP contribution < -0.4 is 14.4 Å². The molecule has 1 amide bonds. The van der Waals surface area contributed by atoms with Crippen LogP contribution in [-0.4, -0.2) is 42.1 Å². The van der Waals surface area contributed by atoms with Crippen LogP contribution in [0.3, 0.4) is 0 Å². The number of rotatable bonds is 0. The SMILES string of the molecule is C[C@@H]1CC/C=C\[C@H](O)[C@@H]2CC[C@H]2CN2C[C@@]3(CCCc4cc(Cl)ccc43)COc3ccc(cc32)C(=O)NS1. The molecule has 2 bridgehead atoms. The van der Waals surface area contributed by atoms with Gasteiger partial charge in [0.25, 0.3) is 5.91 Å². The standard InChI is InChI=1S/C31H37ClN2O3S/c1-20-5-2-3-7-28(35)25-11-8-23(25)17-34-18-31(14-4-6-21-15-24(32)10-12-26(21)31)19-37-29-13-9-22(16-27(29)34)30(36)33-38-20/h3,7,9-10,12-13,15-16,20,23,25,28,35H,2,4-6,8,11,14,17-19H2,1H3,(H,33,36)/b7-3-/t20-,23+,25-,28+,31+/m1/s1. The zero-order valence-corrected chi connectivity index (χ0v) is 23.6. The molecule has 0 unspecified atom stereocenters. The summed E-state index contributed by atoms with van der Waals surface area (Å²) in [5.74, 6) is 1.42. The number of anilines is 1. The number of hydrogen-bond acceptors (Lipinski definition) is 5. The number of carbonyl (C=O) groups is 1. The van der Waals surface area contributed by atoms with Crippen LogP contribution in [0, 0.1) is 11.8 Å². The van der Waals surface area contributed by atoms with E-state index in [9.17, 15) is 9.90 Å². The molecule has 2 aliphatic heterocycles. The van der Waals surface area contributed by atoms with E-state index in [0.29, 0.717) is 18.1 Å². The van der Waals surface area contributed by atoms with Crippen LogP contribution in [0.5, 0.6) is 5.75 Å². The fourth-order valence-electron chi connectivity index (χ4n) is 6.79. The lowest BCUT2D eigenvalue weighted by atomic mass is 9.68. The fraction of sp³-hybridized carbons (Fsp3) is 0.516. The highest BCUT2D eigenvalue weighted by atomic mass is 35.5. The van der Waals surface area contributed by atoms with Crippen LogP contribution in [-0.2, 0) is 11.8 Å². The molecule has 7 heteroatoms. The summed E-state index contributed by atoms with van der Waals surface area (Å²) in [6, 6.07) is 12.2. The Morgan fingerprint density at radius 1 is 1.18 bits per heavy atom. The van der Waals surface area contributed by atoms with E-state index in [2.05, 4.69) is 34.8 Å². The van der Waals surface area contributed by atoms with Gasteiger partial charge in [-0.15, -0.1) is 0 Å². The van der Waals surface area contributed by atoms with Gasteiger partial charge in [0.1, 0.15) is 5.75 Å². The summed E-state index contributed by atoms with van der Waals surface area (Å²) in [4.78, 5) is 15.6. The molecule has 38 heavy (non-hydrogen) atoms. The number of benzene rings is 2. The van der Waals surface area contributed by atoms with E-state index in [1.54, 1.807) is 0 Å². The minimum atomic E-state index is -0.412. The van der Waals surface area contributed by atoms with Crippen molar-refractivity contribution < 1.29 is 14.6 Å². The van der Waals surface area contributed by atoms with Gasteiger partial charge in [0, 0.05) is 34.3 Å². The molecule has 6 rings (SSSR count). The van der Waals surface area contributed by atoms with Crippen LogP contribution in [0.15, 0.2) is 48.6 Å². The average Bonchev–Trinajstić information content (AvgIpc) is 3.04. The maximum absolute atomic E-state index is 13.1. The molecular weight excluding hydrogens is 516 g/mol. The van der Waals surface area contributed by atoms with E-state index >= 15 is 0 Å². The number of carbonyl (C=O) groups excluding carboxylic acids is 1. The Morgan fingerprint density at radius 2 is 2.08 bits per heavy atom. The summed E-state index contributed by atoms with van der Waals surface area (Å²) in [7, 11) is 0. The van der Waals surface area contributed by atoms with Crippen molar-refractivity contribution in [2.24, 2.45) is 11.8 Å². The number of allylic oxidation sites excluding steroid dienone is 1. The van der Waals surface area contributed by atoms with Crippen LogP contribution in [0.25, 0.3) is 0 Å². The first-order valence-corrected chi connectivity index (χ1v) is 15.3. The van der Waals surface area contributed by atoms with E-state index in [1.165, 1.54) is 23.1 Å². The Kier molecular flexibility index (Phi) is 7.41. The normalized spacial score (nSPS) is 32.2. The molecule has 2 heterocycles. The number of ether oxygens (including phenoxy) is 1. The summed E-state index contributed by atoms with van der Waals surface area (Å²) < 4.78 is 9.63.